The van der Waals surface area contributed by atoms with Crippen LogP contribution in [-0.2, 0) is 7.05 Å². The van der Waals surface area contributed by atoms with E-state index in [2.05, 4.69) is 10.3 Å². The summed E-state index contributed by atoms with van der Waals surface area (Å²) in [5.41, 5.74) is 5.16. The number of para-hydroxylation sites is 1. The van der Waals surface area contributed by atoms with Gasteiger partial charge < -0.3 is 9.88 Å². The summed E-state index contributed by atoms with van der Waals surface area (Å²) >= 11 is 1.56. The van der Waals surface area contributed by atoms with Gasteiger partial charge in [0.25, 0.3) is 5.91 Å². The van der Waals surface area contributed by atoms with Gasteiger partial charge in [-0.2, -0.15) is 0 Å². The van der Waals surface area contributed by atoms with E-state index in [1.54, 1.807) is 16.8 Å². The van der Waals surface area contributed by atoms with Crippen LogP contribution in [0.2, 0.25) is 0 Å². The van der Waals surface area contributed by atoms with Crippen LogP contribution < -0.4 is 5.32 Å². The Morgan fingerprint density at radius 2 is 2.14 bits per heavy atom. The molecule has 0 spiro atoms. The van der Waals surface area contributed by atoms with Crippen molar-refractivity contribution >= 4 is 44.1 Å². The number of carbonyl (C=O) groups is 1. The van der Waals surface area contributed by atoms with Crippen LogP contribution in [0.4, 0.5) is 5.69 Å². The molecule has 2 aromatic carbocycles. The van der Waals surface area contributed by atoms with E-state index in [4.69, 9.17) is 0 Å². The number of anilines is 1. The number of thiazole rings is 1. The van der Waals surface area contributed by atoms with Crippen molar-refractivity contribution in [2.75, 3.05) is 5.32 Å². The summed E-state index contributed by atoms with van der Waals surface area (Å²) in [4.78, 5) is 16.9. The Hall–Kier alpha value is -2.66. The topological polar surface area (TPSA) is 46.9 Å². The van der Waals surface area contributed by atoms with Gasteiger partial charge in [-0.1, -0.05) is 12.1 Å². The molecule has 0 fully saturated rings. The molecular formula is C17H13N3OS. The van der Waals surface area contributed by atoms with Gasteiger partial charge in [-0.3, -0.25) is 4.79 Å². The third-order valence-electron chi connectivity index (χ3n) is 3.73. The van der Waals surface area contributed by atoms with Crippen molar-refractivity contribution < 1.29 is 4.79 Å². The maximum atomic E-state index is 12.6. The maximum Gasteiger partial charge on any atom is 0.257 e. The fourth-order valence-electron chi connectivity index (χ4n) is 2.67. The van der Waals surface area contributed by atoms with Crippen LogP contribution in [0.15, 0.2) is 54.2 Å². The summed E-state index contributed by atoms with van der Waals surface area (Å²) in [6.45, 7) is 0. The first kappa shape index (κ1) is 13.0. The van der Waals surface area contributed by atoms with E-state index in [1.165, 1.54) is 0 Å². The number of amides is 1. The van der Waals surface area contributed by atoms with E-state index >= 15 is 0 Å². The van der Waals surface area contributed by atoms with E-state index < -0.39 is 0 Å². The highest BCUT2D eigenvalue weighted by Crippen LogP contribution is 2.24. The number of nitrogens with zero attached hydrogens (tertiary/aromatic N) is 2. The van der Waals surface area contributed by atoms with Crippen molar-refractivity contribution in [3.8, 4) is 0 Å². The molecule has 0 aliphatic rings. The maximum absolute atomic E-state index is 12.6. The van der Waals surface area contributed by atoms with E-state index in [0.29, 0.717) is 5.56 Å². The third kappa shape index (κ3) is 2.07. The lowest BCUT2D eigenvalue weighted by Crippen LogP contribution is -2.13. The smallest absolute Gasteiger partial charge is 0.257 e. The molecule has 1 N–H and O–H groups in total. The molecule has 5 heteroatoms. The summed E-state index contributed by atoms with van der Waals surface area (Å²) in [6.07, 6.45) is 1.96. The number of hydrogen-bond donors (Lipinski definition) is 1. The second-order valence-electron chi connectivity index (χ2n) is 5.16. The van der Waals surface area contributed by atoms with Crippen LogP contribution in [0.5, 0.6) is 0 Å². The van der Waals surface area contributed by atoms with Gasteiger partial charge >= 0.3 is 0 Å². The predicted octanol–water partition coefficient (Wildman–Crippen LogP) is 4.04. The molecule has 0 atom stereocenters. The largest absolute Gasteiger partial charge is 0.350 e. The summed E-state index contributed by atoms with van der Waals surface area (Å²) in [5, 5.41) is 4.04. The summed E-state index contributed by atoms with van der Waals surface area (Å²) in [6, 6.07) is 13.5. The minimum absolute atomic E-state index is 0.101. The van der Waals surface area contributed by atoms with Crippen molar-refractivity contribution in [2.45, 2.75) is 0 Å². The molecule has 2 aromatic heterocycles. The number of nitrogens with one attached hydrogen (secondary N) is 1. The van der Waals surface area contributed by atoms with E-state index in [9.17, 15) is 4.79 Å². The van der Waals surface area contributed by atoms with Crippen molar-refractivity contribution in [3.63, 3.8) is 0 Å². The quantitative estimate of drug-likeness (QED) is 0.607. The van der Waals surface area contributed by atoms with Crippen LogP contribution >= 0.6 is 11.3 Å². The lowest BCUT2D eigenvalue weighted by atomic mass is 10.1. The summed E-state index contributed by atoms with van der Waals surface area (Å²) < 4.78 is 3.03. The van der Waals surface area contributed by atoms with Crippen molar-refractivity contribution in [1.82, 2.24) is 9.55 Å². The average Bonchev–Trinajstić information content (AvgIpc) is 3.13. The molecule has 22 heavy (non-hydrogen) atoms. The minimum atomic E-state index is -0.101. The molecule has 0 saturated carbocycles. The van der Waals surface area contributed by atoms with E-state index in [1.807, 2.05) is 60.3 Å². The molecule has 4 rings (SSSR count). The Bertz CT molecular complexity index is 999. The van der Waals surface area contributed by atoms with Gasteiger partial charge in [0.15, 0.2) is 0 Å². The Morgan fingerprint density at radius 3 is 3.05 bits per heavy atom. The molecule has 108 valence electrons. The van der Waals surface area contributed by atoms with Gasteiger partial charge in [-0.25, -0.2) is 4.98 Å². The first-order valence-electron chi connectivity index (χ1n) is 6.91. The lowest BCUT2D eigenvalue weighted by molar-refractivity contribution is 0.102. The molecule has 4 nitrogen and oxygen atoms in total. The molecule has 0 unspecified atom stereocenters. The Morgan fingerprint density at radius 1 is 1.23 bits per heavy atom. The van der Waals surface area contributed by atoms with Crippen LogP contribution in [0.25, 0.3) is 21.1 Å². The zero-order valence-electron chi connectivity index (χ0n) is 11.9. The molecule has 4 aromatic rings. The summed E-state index contributed by atoms with van der Waals surface area (Å²) in [5.74, 6) is -0.101. The van der Waals surface area contributed by atoms with Gasteiger partial charge in [0.2, 0.25) is 0 Å². The van der Waals surface area contributed by atoms with Gasteiger partial charge in [-0.05, 0) is 30.3 Å². The Balaban J connectivity index is 1.72. The molecule has 0 aliphatic carbocycles. The first-order chi connectivity index (χ1) is 10.7. The molecule has 0 saturated heterocycles. The number of aryl methyl sites for hydroxylation is 1. The predicted molar refractivity (Wildman–Crippen MR) is 90.5 cm³/mol. The van der Waals surface area contributed by atoms with Gasteiger partial charge in [0.1, 0.15) is 0 Å². The van der Waals surface area contributed by atoms with Crippen LogP contribution in [0.3, 0.4) is 0 Å². The highest BCUT2D eigenvalue weighted by atomic mass is 32.1. The number of carbonyl (C=O) groups excluding carboxylic acids is 1. The second-order valence-corrected chi connectivity index (χ2v) is 6.05. The molecule has 0 radical (unpaired) electrons. The monoisotopic (exact) mass is 307 g/mol. The van der Waals surface area contributed by atoms with E-state index in [0.717, 1.165) is 26.8 Å². The fourth-order valence-corrected chi connectivity index (χ4v) is 3.39. The number of fused-ring (bicyclic) bond motifs is 2. The number of aromatic nitrogens is 2. The molecule has 0 aliphatic heterocycles. The number of benzene rings is 2. The molecule has 2 heterocycles. The van der Waals surface area contributed by atoms with Crippen molar-refractivity contribution in [1.29, 1.82) is 0 Å². The van der Waals surface area contributed by atoms with Gasteiger partial charge in [0, 0.05) is 24.3 Å². The van der Waals surface area contributed by atoms with Crippen LogP contribution in [-0.4, -0.2) is 15.5 Å². The number of hydrogen-bond acceptors (Lipinski definition) is 3. The summed E-state index contributed by atoms with van der Waals surface area (Å²) in [7, 11) is 1.95. The average molecular weight is 307 g/mol. The lowest BCUT2D eigenvalue weighted by Gasteiger charge is -2.08. The van der Waals surface area contributed by atoms with Gasteiger partial charge in [-0.15, -0.1) is 11.3 Å². The zero-order valence-corrected chi connectivity index (χ0v) is 12.7. The third-order valence-corrected chi connectivity index (χ3v) is 4.52. The Kier molecular flexibility index (Phi) is 2.94. The van der Waals surface area contributed by atoms with Crippen LogP contribution in [0, 0.1) is 0 Å². The number of rotatable bonds is 2. The van der Waals surface area contributed by atoms with Crippen molar-refractivity contribution in [2.24, 2.45) is 7.05 Å². The van der Waals surface area contributed by atoms with Gasteiger partial charge in [0.05, 0.1) is 26.8 Å². The standard InChI is InChI=1S/C17H13N3OS/c1-20-8-7-11-3-2-4-13(16(11)20)17(21)19-12-5-6-14-15(9-12)22-10-18-14/h2-10H,1H3,(H,19,21). The highest BCUT2D eigenvalue weighted by molar-refractivity contribution is 7.16. The Labute approximate surface area is 131 Å². The molecule has 1 amide bonds. The van der Waals surface area contributed by atoms with Crippen LogP contribution in [0.1, 0.15) is 10.4 Å². The van der Waals surface area contributed by atoms with E-state index in [-0.39, 0.29) is 5.91 Å². The minimum Gasteiger partial charge on any atom is -0.350 e. The second kappa shape index (κ2) is 4.96. The molecular weight excluding hydrogens is 294 g/mol. The van der Waals surface area contributed by atoms with Crippen molar-refractivity contribution in [3.05, 3.63) is 59.7 Å². The first-order valence-corrected chi connectivity index (χ1v) is 7.79. The highest BCUT2D eigenvalue weighted by Gasteiger charge is 2.12. The fraction of sp³-hybridized carbons (Fsp3) is 0.0588. The zero-order chi connectivity index (χ0) is 15.1. The molecule has 0 bridgehead atoms. The SMILES string of the molecule is Cn1ccc2cccc(C(=O)Nc3ccc4ncsc4c3)c21. The normalized spacial score (nSPS) is 11.1.